The van der Waals surface area contributed by atoms with E-state index in [9.17, 15) is 14.4 Å². The molecule has 0 radical (unpaired) electrons. The summed E-state index contributed by atoms with van der Waals surface area (Å²) in [6.45, 7) is 5.84. The SMILES string of the molecule is CC(C)(C)Cn1c(C(=O)O)cc(=O)[nH]c1=O. The van der Waals surface area contributed by atoms with Gasteiger partial charge in [0.05, 0.1) is 0 Å². The Balaban J connectivity index is 3.42. The fourth-order valence-electron chi connectivity index (χ4n) is 1.33. The standard InChI is InChI=1S/C10H14N2O4/c1-10(2,3)5-12-6(8(14)15)4-7(13)11-9(12)16/h4H,5H2,1-3H3,(H,14,15)(H,11,13,16). The van der Waals surface area contributed by atoms with Crippen LogP contribution in [0.1, 0.15) is 31.3 Å². The van der Waals surface area contributed by atoms with E-state index in [4.69, 9.17) is 5.11 Å². The quantitative estimate of drug-likeness (QED) is 0.757. The van der Waals surface area contributed by atoms with E-state index in [0.29, 0.717) is 0 Å². The van der Waals surface area contributed by atoms with Gasteiger partial charge in [-0.05, 0) is 5.41 Å². The number of hydrogen-bond donors (Lipinski definition) is 2. The number of carboxylic acids is 1. The third kappa shape index (κ3) is 2.82. The highest BCUT2D eigenvalue weighted by Gasteiger charge is 2.18. The molecule has 0 bridgehead atoms. The molecule has 1 aromatic rings. The lowest BCUT2D eigenvalue weighted by Crippen LogP contribution is -2.36. The van der Waals surface area contributed by atoms with Crippen LogP contribution in [0.25, 0.3) is 0 Å². The number of nitrogens with zero attached hydrogens (tertiary/aromatic N) is 1. The Morgan fingerprint density at radius 2 is 2.00 bits per heavy atom. The summed E-state index contributed by atoms with van der Waals surface area (Å²) in [4.78, 5) is 35.4. The number of H-pyrrole nitrogens is 1. The summed E-state index contributed by atoms with van der Waals surface area (Å²) in [7, 11) is 0. The molecule has 16 heavy (non-hydrogen) atoms. The number of nitrogens with one attached hydrogen (secondary N) is 1. The lowest BCUT2D eigenvalue weighted by molar-refractivity contribution is 0.0680. The molecule has 0 spiro atoms. The van der Waals surface area contributed by atoms with Crippen LogP contribution >= 0.6 is 0 Å². The number of rotatable bonds is 2. The smallest absolute Gasteiger partial charge is 0.352 e. The van der Waals surface area contributed by atoms with Gasteiger partial charge in [0.2, 0.25) is 0 Å². The van der Waals surface area contributed by atoms with Gasteiger partial charge in [-0.1, -0.05) is 20.8 Å². The number of carboxylic acid groups (broad SMARTS) is 1. The maximum Gasteiger partial charge on any atom is 0.352 e. The maximum atomic E-state index is 11.5. The van der Waals surface area contributed by atoms with Crippen LogP contribution in [-0.4, -0.2) is 20.6 Å². The predicted octanol–water partition coefficient (Wildman–Crippen LogP) is 0.281. The van der Waals surface area contributed by atoms with Crippen molar-refractivity contribution in [3.63, 3.8) is 0 Å². The van der Waals surface area contributed by atoms with Gasteiger partial charge in [0.1, 0.15) is 5.69 Å². The molecule has 1 heterocycles. The molecule has 0 fully saturated rings. The first kappa shape index (κ1) is 12.2. The second-order valence-corrected chi connectivity index (χ2v) is 4.78. The van der Waals surface area contributed by atoms with Crippen molar-refractivity contribution in [2.45, 2.75) is 27.3 Å². The number of hydrogen-bond acceptors (Lipinski definition) is 3. The van der Waals surface area contributed by atoms with Crippen molar-refractivity contribution in [1.29, 1.82) is 0 Å². The number of carbonyl (C=O) groups is 1. The second-order valence-electron chi connectivity index (χ2n) is 4.78. The van der Waals surface area contributed by atoms with Crippen LogP contribution in [0.2, 0.25) is 0 Å². The molecule has 6 nitrogen and oxygen atoms in total. The van der Waals surface area contributed by atoms with E-state index >= 15 is 0 Å². The third-order valence-electron chi connectivity index (χ3n) is 1.89. The van der Waals surface area contributed by atoms with Crippen LogP contribution in [0.5, 0.6) is 0 Å². The molecule has 0 saturated carbocycles. The minimum atomic E-state index is -1.28. The molecule has 1 aromatic heterocycles. The molecule has 0 saturated heterocycles. The lowest BCUT2D eigenvalue weighted by Gasteiger charge is -2.20. The lowest BCUT2D eigenvalue weighted by atomic mass is 9.97. The van der Waals surface area contributed by atoms with Crippen LogP contribution in [-0.2, 0) is 6.54 Å². The average molecular weight is 226 g/mol. The molecule has 0 aliphatic rings. The zero-order chi connectivity index (χ0) is 12.5. The fourth-order valence-corrected chi connectivity index (χ4v) is 1.33. The van der Waals surface area contributed by atoms with Gasteiger partial charge >= 0.3 is 11.7 Å². The van der Waals surface area contributed by atoms with Gasteiger partial charge in [0, 0.05) is 12.6 Å². The van der Waals surface area contributed by atoms with Crippen molar-refractivity contribution in [2.24, 2.45) is 5.41 Å². The summed E-state index contributed by atoms with van der Waals surface area (Å²) >= 11 is 0. The summed E-state index contributed by atoms with van der Waals surface area (Å²) in [6, 6.07) is 0.912. The van der Waals surface area contributed by atoms with Crippen molar-refractivity contribution >= 4 is 5.97 Å². The van der Waals surface area contributed by atoms with Gasteiger partial charge < -0.3 is 5.11 Å². The predicted molar refractivity (Wildman–Crippen MR) is 57.7 cm³/mol. The highest BCUT2D eigenvalue weighted by atomic mass is 16.4. The summed E-state index contributed by atoms with van der Waals surface area (Å²) in [5.41, 5.74) is -1.94. The maximum absolute atomic E-state index is 11.5. The minimum Gasteiger partial charge on any atom is -0.477 e. The van der Waals surface area contributed by atoms with Crippen LogP contribution < -0.4 is 11.2 Å². The Bertz CT molecular complexity index is 519. The fraction of sp³-hybridized carbons (Fsp3) is 0.500. The van der Waals surface area contributed by atoms with Gasteiger partial charge in [-0.3, -0.25) is 14.3 Å². The molecular weight excluding hydrogens is 212 g/mol. The summed E-state index contributed by atoms with van der Waals surface area (Å²) < 4.78 is 1.06. The van der Waals surface area contributed by atoms with E-state index in [1.54, 1.807) is 0 Å². The Labute approximate surface area is 91.5 Å². The number of aromatic nitrogens is 2. The topological polar surface area (TPSA) is 92.2 Å². The molecule has 6 heteroatoms. The van der Waals surface area contributed by atoms with Crippen molar-refractivity contribution in [2.75, 3.05) is 0 Å². The Kier molecular flexibility index (Phi) is 3.02. The van der Waals surface area contributed by atoms with E-state index in [-0.39, 0.29) is 17.7 Å². The summed E-state index contributed by atoms with van der Waals surface area (Å²) in [5.74, 6) is -1.28. The normalized spacial score (nSPS) is 11.4. The molecule has 0 atom stereocenters. The highest BCUT2D eigenvalue weighted by molar-refractivity contribution is 5.85. The van der Waals surface area contributed by atoms with Crippen molar-refractivity contribution < 1.29 is 9.90 Å². The van der Waals surface area contributed by atoms with E-state index in [2.05, 4.69) is 0 Å². The van der Waals surface area contributed by atoms with Crippen LogP contribution in [0.4, 0.5) is 0 Å². The largest absolute Gasteiger partial charge is 0.477 e. The van der Waals surface area contributed by atoms with Gasteiger partial charge in [0.25, 0.3) is 5.56 Å². The van der Waals surface area contributed by atoms with Crippen LogP contribution in [0.3, 0.4) is 0 Å². The second kappa shape index (κ2) is 3.96. The Hall–Kier alpha value is -1.85. The highest BCUT2D eigenvalue weighted by Crippen LogP contribution is 2.15. The van der Waals surface area contributed by atoms with Gasteiger partial charge in [-0.15, -0.1) is 0 Å². The molecule has 0 unspecified atom stereocenters. The molecule has 1 rings (SSSR count). The molecule has 0 amide bonds. The molecule has 0 aliphatic carbocycles. The van der Waals surface area contributed by atoms with Gasteiger partial charge in [0.15, 0.2) is 0 Å². The van der Waals surface area contributed by atoms with Crippen LogP contribution in [0, 0.1) is 5.41 Å². The third-order valence-corrected chi connectivity index (χ3v) is 1.89. The monoisotopic (exact) mass is 226 g/mol. The zero-order valence-electron chi connectivity index (χ0n) is 9.40. The number of aromatic carboxylic acids is 1. The first-order valence-corrected chi connectivity index (χ1v) is 4.78. The van der Waals surface area contributed by atoms with Crippen molar-refractivity contribution in [3.05, 3.63) is 32.6 Å². The summed E-state index contributed by atoms with van der Waals surface area (Å²) in [6.07, 6.45) is 0. The van der Waals surface area contributed by atoms with Crippen molar-refractivity contribution in [3.8, 4) is 0 Å². The van der Waals surface area contributed by atoms with E-state index in [0.717, 1.165) is 10.6 Å². The van der Waals surface area contributed by atoms with E-state index in [1.165, 1.54) is 0 Å². The van der Waals surface area contributed by atoms with E-state index in [1.807, 2.05) is 25.8 Å². The van der Waals surface area contributed by atoms with Gasteiger partial charge in [-0.2, -0.15) is 0 Å². The van der Waals surface area contributed by atoms with Crippen LogP contribution in [0.15, 0.2) is 15.7 Å². The average Bonchev–Trinajstić information content (AvgIpc) is 2.07. The molecule has 0 aliphatic heterocycles. The molecular formula is C10H14N2O4. The first-order valence-electron chi connectivity index (χ1n) is 4.78. The summed E-state index contributed by atoms with van der Waals surface area (Å²) in [5, 5.41) is 8.90. The van der Waals surface area contributed by atoms with Gasteiger partial charge in [-0.25, -0.2) is 9.59 Å². The first-order chi connectivity index (χ1) is 7.20. The Morgan fingerprint density at radius 3 is 2.44 bits per heavy atom. The number of aromatic amines is 1. The van der Waals surface area contributed by atoms with E-state index < -0.39 is 17.2 Å². The molecule has 88 valence electrons. The van der Waals surface area contributed by atoms with Crippen molar-refractivity contribution in [1.82, 2.24) is 9.55 Å². The molecule has 2 N–H and O–H groups in total. The molecule has 0 aromatic carbocycles. The Morgan fingerprint density at radius 1 is 1.44 bits per heavy atom. The minimum absolute atomic E-state index is 0.226. The zero-order valence-corrected chi connectivity index (χ0v) is 9.40.